The van der Waals surface area contributed by atoms with Crippen LogP contribution in [0.25, 0.3) is 0 Å². The number of carbonyl (C=O) groups is 3. The Hall–Kier alpha value is -2.11. The molecule has 0 spiro atoms. The Morgan fingerprint density at radius 3 is 0.610 bits per heavy atom. The van der Waals surface area contributed by atoms with E-state index in [2.05, 4.69) is 45.1 Å². The van der Waals surface area contributed by atoms with Crippen LogP contribution in [0.4, 0.5) is 0 Å². The van der Waals surface area contributed by atoms with E-state index in [1.807, 2.05) is 0 Å². The van der Waals surface area contributed by atoms with E-state index >= 15 is 0 Å². The van der Waals surface area contributed by atoms with E-state index in [0.29, 0.717) is 19.3 Å². The summed E-state index contributed by atoms with van der Waals surface area (Å²) in [5.41, 5.74) is 0. The largest absolute Gasteiger partial charge is 0.462 e. The van der Waals surface area contributed by atoms with Gasteiger partial charge < -0.3 is 14.2 Å². The van der Waals surface area contributed by atoms with Gasteiger partial charge in [-0.05, 0) is 70.6 Å². The van der Waals surface area contributed by atoms with Gasteiger partial charge in [-0.25, -0.2) is 0 Å². The summed E-state index contributed by atoms with van der Waals surface area (Å²) in [4.78, 5) is 38.4. The maximum atomic E-state index is 12.9. The molecule has 0 aromatic carbocycles. The Balaban J connectivity index is 4.10. The maximum absolute atomic E-state index is 12.9. The predicted molar refractivity (Wildman–Crippen MR) is 358 cm³/mol. The third-order valence-electron chi connectivity index (χ3n) is 17.2. The molecular formula is C76H144O6. The zero-order valence-corrected chi connectivity index (χ0v) is 55.8. The fourth-order valence-electron chi connectivity index (χ4n) is 11.6. The molecule has 484 valence electrons. The van der Waals surface area contributed by atoms with Crippen LogP contribution in [-0.4, -0.2) is 37.2 Å². The number of esters is 3. The number of ether oxygens (including phenoxy) is 3. The monoisotopic (exact) mass is 1150 g/mol. The first-order valence-electron chi connectivity index (χ1n) is 37.3. The summed E-state index contributed by atoms with van der Waals surface area (Å²) < 4.78 is 17.0. The average molecular weight is 1150 g/mol. The van der Waals surface area contributed by atoms with Gasteiger partial charge in [0.2, 0.25) is 0 Å². The molecule has 0 aliphatic carbocycles. The molecule has 6 nitrogen and oxygen atoms in total. The van der Waals surface area contributed by atoms with Crippen molar-refractivity contribution in [1.29, 1.82) is 0 Å². The Morgan fingerprint density at radius 1 is 0.232 bits per heavy atom. The van der Waals surface area contributed by atoms with Crippen LogP contribution in [0.1, 0.15) is 425 Å². The summed E-state index contributed by atoms with van der Waals surface area (Å²) in [6.45, 7) is 6.71. The Kier molecular flexibility index (Phi) is 69.5. The van der Waals surface area contributed by atoms with Gasteiger partial charge in [0.1, 0.15) is 13.2 Å². The zero-order valence-electron chi connectivity index (χ0n) is 55.8. The van der Waals surface area contributed by atoms with Gasteiger partial charge in [-0.15, -0.1) is 0 Å². The highest BCUT2D eigenvalue weighted by atomic mass is 16.6. The highest BCUT2D eigenvalue weighted by Crippen LogP contribution is 2.19. The van der Waals surface area contributed by atoms with E-state index < -0.39 is 6.10 Å². The van der Waals surface area contributed by atoms with Crippen molar-refractivity contribution in [2.45, 2.75) is 431 Å². The van der Waals surface area contributed by atoms with Crippen LogP contribution in [-0.2, 0) is 28.6 Å². The van der Waals surface area contributed by atoms with E-state index in [4.69, 9.17) is 14.2 Å². The molecule has 1 unspecified atom stereocenters. The van der Waals surface area contributed by atoms with Crippen LogP contribution in [0, 0.1) is 0 Å². The lowest BCUT2D eigenvalue weighted by molar-refractivity contribution is -0.167. The van der Waals surface area contributed by atoms with Crippen LogP contribution in [0.15, 0.2) is 24.3 Å². The van der Waals surface area contributed by atoms with Crippen molar-refractivity contribution in [3.05, 3.63) is 24.3 Å². The highest BCUT2D eigenvalue weighted by Gasteiger charge is 2.20. The minimum absolute atomic E-state index is 0.0669. The van der Waals surface area contributed by atoms with E-state index in [9.17, 15) is 14.4 Å². The lowest BCUT2D eigenvalue weighted by atomic mass is 10.0. The van der Waals surface area contributed by atoms with Crippen LogP contribution in [0.2, 0.25) is 0 Å². The highest BCUT2D eigenvalue weighted by molar-refractivity contribution is 5.71. The molecule has 0 aromatic rings. The molecule has 82 heavy (non-hydrogen) atoms. The first-order valence-corrected chi connectivity index (χ1v) is 37.3. The number of allylic oxidation sites excluding steroid dienone is 4. The molecule has 0 amide bonds. The van der Waals surface area contributed by atoms with Crippen molar-refractivity contribution in [3.8, 4) is 0 Å². The second-order valence-electron chi connectivity index (χ2n) is 25.6. The van der Waals surface area contributed by atoms with Crippen LogP contribution >= 0.6 is 0 Å². The molecule has 0 saturated heterocycles. The number of rotatable bonds is 70. The summed E-state index contributed by atoms with van der Waals surface area (Å²) >= 11 is 0. The fourth-order valence-corrected chi connectivity index (χ4v) is 11.6. The molecular weight excluding hydrogens is 1010 g/mol. The number of unbranched alkanes of at least 4 members (excludes halogenated alkanes) is 55. The first kappa shape index (κ1) is 79.9. The second-order valence-corrected chi connectivity index (χ2v) is 25.6. The van der Waals surface area contributed by atoms with Crippen molar-refractivity contribution in [2.75, 3.05) is 13.2 Å². The fraction of sp³-hybridized carbons (Fsp3) is 0.908. The Morgan fingerprint density at radius 2 is 0.402 bits per heavy atom. The molecule has 6 heteroatoms. The number of hydrogen-bond acceptors (Lipinski definition) is 6. The van der Waals surface area contributed by atoms with Crippen molar-refractivity contribution in [1.82, 2.24) is 0 Å². The Bertz CT molecular complexity index is 1320. The molecule has 0 bridgehead atoms. The lowest BCUT2D eigenvalue weighted by Gasteiger charge is -2.18. The minimum Gasteiger partial charge on any atom is -0.462 e. The standard InChI is InChI=1S/C76H144O6/c1-4-7-10-13-16-19-22-25-28-30-31-32-33-34-35-36-37-38-39-40-41-42-43-44-45-47-48-51-54-57-60-63-66-69-75(78)81-72-73(71-80-74(77)68-65-62-59-56-53-50-27-24-21-18-15-12-9-6-3)82-76(79)70-67-64-61-58-55-52-49-46-29-26-23-20-17-14-11-8-5-2/h24,27,30-31,73H,4-23,25-26,28-29,32-72H2,1-3H3/b27-24-,31-30-. The van der Waals surface area contributed by atoms with Crippen LogP contribution in [0.3, 0.4) is 0 Å². The molecule has 0 aromatic heterocycles. The smallest absolute Gasteiger partial charge is 0.306 e. The molecule has 0 saturated carbocycles. The summed E-state index contributed by atoms with van der Waals surface area (Å²) in [5.74, 6) is -0.842. The van der Waals surface area contributed by atoms with Gasteiger partial charge in [-0.3, -0.25) is 14.4 Å². The number of hydrogen-bond donors (Lipinski definition) is 0. The average Bonchev–Trinajstić information content (AvgIpc) is 3.48. The maximum Gasteiger partial charge on any atom is 0.306 e. The van der Waals surface area contributed by atoms with E-state index in [1.54, 1.807) is 0 Å². The van der Waals surface area contributed by atoms with Crippen molar-refractivity contribution >= 4 is 17.9 Å². The number of carbonyl (C=O) groups excluding carboxylic acids is 3. The molecule has 0 aliphatic heterocycles. The minimum atomic E-state index is -0.771. The molecule has 0 N–H and O–H groups in total. The molecule has 0 fully saturated rings. The van der Waals surface area contributed by atoms with Crippen LogP contribution < -0.4 is 0 Å². The van der Waals surface area contributed by atoms with Gasteiger partial charge in [-0.1, -0.05) is 360 Å². The quantitative estimate of drug-likeness (QED) is 0.0261. The SMILES string of the molecule is CCCCCCC/C=C\CCCCCCCC(=O)OCC(COC(=O)CCCCCCCCCCCCCCCCCCCCCCC/C=C\CCCCCCCCCC)OC(=O)CCCCCCCCCCCCCCCCCCC. The normalized spacial score (nSPS) is 12.1. The molecule has 1 atom stereocenters. The van der Waals surface area contributed by atoms with Crippen LogP contribution in [0.5, 0.6) is 0 Å². The predicted octanol–water partition coefficient (Wildman–Crippen LogP) is 25.7. The summed E-state index contributed by atoms with van der Waals surface area (Å²) in [7, 11) is 0. The van der Waals surface area contributed by atoms with Gasteiger partial charge >= 0.3 is 17.9 Å². The van der Waals surface area contributed by atoms with Gasteiger partial charge in [0, 0.05) is 19.3 Å². The molecule has 0 rings (SSSR count). The summed E-state index contributed by atoms with van der Waals surface area (Å²) in [5, 5.41) is 0. The van der Waals surface area contributed by atoms with Crippen molar-refractivity contribution in [2.24, 2.45) is 0 Å². The van der Waals surface area contributed by atoms with Crippen molar-refractivity contribution < 1.29 is 28.6 Å². The van der Waals surface area contributed by atoms with E-state index in [0.717, 1.165) is 64.2 Å². The summed E-state index contributed by atoms with van der Waals surface area (Å²) in [6.07, 6.45) is 88.0. The topological polar surface area (TPSA) is 78.9 Å². The first-order chi connectivity index (χ1) is 40.5. The van der Waals surface area contributed by atoms with Gasteiger partial charge in [0.05, 0.1) is 0 Å². The molecule has 0 aliphatic rings. The van der Waals surface area contributed by atoms with E-state index in [1.165, 1.54) is 321 Å². The third-order valence-corrected chi connectivity index (χ3v) is 17.2. The van der Waals surface area contributed by atoms with Gasteiger partial charge in [0.25, 0.3) is 0 Å². The van der Waals surface area contributed by atoms with Gasteiger partial charge in [0.15, 0.2) is 6.10 Å². The van der Waals surface area contributed by atoms with E-state index in [-0.39, 0.29) is 31.1 Å². The zero-order chi connectivity index (χ0) is 59.2. The van der Waals surface area contributed by atoms with Gasteiger partial charge in [-0.2, -0.15) is 0 Å². The molecule has 0 radical (unpaired) electrons. The summed E-state index contributed by atoms with van der Waals surface area (Å²) in [6, 6.07) is 0. The Labute approximate surface area is 513 Å². The second kappa shape index (κ2) is 71.4. The third kappa shape index (κ3) is 68.7. The lowest BCUT2D eigenvalue weighted by Crippen LogP contribution is -2.30. The molecule has 0 heterocycles. The van der Waals surface area contributed by atoms with Crippen molar-refractivity contribution in [3.63, 3.8) is 0 Å².